The Labute approximate surface area is 171 Å². The third-order valence-corrected chi connectivity index (χ3v) is 5.82. The Morgan fingerprint density at radius 3 is 2.10 bits per heavy atom. The lowest BCUT2D eigenvalue weighted by atomic mass is 10.1. The van der Waals surface area contributed by atoms with Crippen LogP contribution in [0.2, 0.25) is 0 Å². The predicted molar refractivity (Wildman–Crippen MR) is 111 cm³/mol. The van der Waals surface area contributed by atoms with Gasteiger partial charge in [-0.1, -0.05) is 31.5 Å². The number of rotatable bonds is 8. The molecule has 0 aromatic heterocycles. The molecule has 1 amide bonds. The van der Waals surface area contributed by atoms with Crippen molar-refractivity contribution in [2.24, 2.45) is 5.92 Å². The average molecular weight is 419 g/mol. The van der Waals surface area contributed by atoms with Gasteiger partial charge >= 0.3 is 5.97 Å². The Morgan fingerprint density at radius 2 is 1.55 bits per heavy atom. The molecule has 0 bridgehead atoms. The first-order valence-electron chi connectivity index (χ1n) is 9.24. The predicted octanol–water partition coefficient (Wildman–Crippen LogP) is 3.11. The quantitative estimate of drug-likeness (QED) is 0.642. The molecule has 0 saturated carbocycles. The summed E-state index contributed by atoms with van der Waals surface area (Å²) in [5.74, 6) is -0.827. The molecule has 0 aliphatic carbocycles. The summed E-state index contributed by atoms with van der Waals surface area (Å²) in [6, 6.07) is 12.2. The zero-order valence-electron chi connectivity index (χ0n) is 16.9. The summed E-state index contributed by atoms with van der Waals surface area (Å²) >= 11 is 0. The van der Waals surface area contributed by atoms with E-state index in [2.05, 4.69) is 10.0 Å². The van der Waals surface area contributed by atoms with Gasteiger partial charge in [-0.3, -0.25) is 9.52 Å². The number of aryl methyl sites for hydroxylation is 1. The highest BCUT2D eigenvalue weighted by Crippen LogP contribution is 2.17. The van der Waals surface area contributed by atoms with Crippen molar-refractivity contribution in [1.82, 2.24) is 5.32 Å². The molecule has 2 aromatic rings. The molecular formula is C21H26N2O5S. The molecule has 0 unspecified atom stereocenters. The summed E-state index contributed by atoms with van der Waals surface area (Å²) in [4.78, 5) is 23.9. The van der Waals surface area contributed by atoms with E-state index in [9.17, 15) is 18.0 Å². The van der Waals surface area contributed by atoms with Crippen LogP contribution in [0.5, 0.6) is 0 Å². The van der Waals surface area contributed by atoms with E-state index in [-0.39, 0.29) is 28.3 Å². The van der Waals surface area contributed by atoms with E-state index >= 15 is 0 Å². The summed E-state index contributed by atoms with van der Waals surface area (Å²) in [6.45, 7) is 7.32. The molecule has 2 N–H and O–H groups in total. The van der Waals surface area contributed by atoms with Gasteiger partial charge in [0.05, 0.1) is 10.5 Å². The fourth-order valence-electron chi connectivity index (χ4n) is 2.28. The standard InChI is InChI=1S/C21H26N2O5S/c1-14(2)16(4)22-20(24)13-28-21(25)17-7-11-19(12-8-17)29(26,27)23-18-9-5-15(3)6-10-18/h5-12,14,16,23H,13H2,1-4H3,(H,22,24)/t16-/m0/s1. The van der Waals surface area contributed by atoms with Crippen LogP contribution >= 0.6 is 0 Å². The van der Waals surface area contributed by atoms with Gasteiger partial charge in [0.25, 0.3) is 15.9 Å². The second-order valence-corrected chi connectivity index (χ2v) is 8.85. The SMILES string of the molecule is Cc1ccc(NS(=O)(=O)c2ccc(C(=O)OCC(=O)N[C@@H](C)C(C)C)cc2)cc1. The topological polar surface area (TPSA) is 102 Å². The zero-order valence-corrected chi connectivity index (χ0v) is 17.7. The Balaban J connectivity index is 1.97. The van der Waals surface area contributed by atoms with Crippen LogP contribution in [-0.2, 0) is 19.6 Å². The van der Waals surface area contributed by atoms with Gasteiger partial charge in [-0.2, -0.15) is 0 Å². The minimum absolute atomic E-state index is 0.0122. The molecule has 156 valence electrons. The minimum Gasteiger partial charge on any atom is -0.452 e. The normalized spacial score (nSPS) is 12.3. The summed E-state index contributed by atoms with van der Waals surface area (Å²) in [5, 5.41) is 2.74. The molecular weight excluding hydrogens is 392 g/mol. The van der Waals surface area contributed by atoms with Gasteiger partial charge in [0.15, 0.2) is 6.61 Å². The molecule has 2 aromatic carbocycles. The third-order valence-electron chi connectivity index (χ3n) is 4.43. The Hall–Kier alpha value is -2.87. The third kappa shape index (κ3) is 6.60. The number of amides is 1. The van der Waals surface area contributed by atoms with Gasteiger partial charge < -0.3 is 10.1 Å². The van der Waals surface area contributed by atoms with Crippen LogP contribution in [-0.4, -0.2) is 32.9 Å². The van der Waals surface area contributed by atoms with Gasteiger partial charge in [-0.05, 0) is 56.2 Å². The largest absolute Gasteiger partial charge is 0.452 e. The number of nitrogens with one attached hydrogen (secondary N) is 2. The van der Waals surface area contributed by atoms with Gasteiger partial charge in [0.1, 0.15) is 0 Å². The molecule has 0 saturated heterocycles. The van der Waals surface area contributed by atoms with E-state index in [1.165, 1.54) is 24.3 Å². The zero-order chi connectivity index (χ0) is 21.6. The first kappa shape index (κ1) is 22.4. The molecule has 2 rings (SSSR count). The maximum absolute atomic E-state index is 12.5. The number of sulfonamides is 1. The molecule has 8 heteroatoms. The lowest BCUT2D eigenvalue weighted by Gasteiger charge is -2.17. The number of benzene rings is 2. The van der Waals surface area contributed by atoms with Crippen molar-refractivity contribution in [3.8, 4) is 0 Å². The van der Waals surface area contributed by atoms with Crippen LogP contribution in [0.3, 0.4) is 0 Å². The second kappa shape index (κ2) is 9.56. The van der Waals surface area contributed by atoms with Gasteiger partial charge in [0.2, 0.25) is 0 Å². The van der Waals surface area contributed by atoms with Crippen molar-refractivity contribution in [3.63, 3.8) is 0 Å². The van der Waals surface area contributed by atoms with E-state index in [1.807, 2.05) is 27.7 Å². The monoisotopic (exact) mass is 418 g/mol. The van der Waals surface area contributed by atoms with Crippen molar-refractivity contribution in [2.45, 2.75) is 38.6 Å². The van der Waals surface area contributed by atoms with Gasteiger partial charge in [-0.25, -0.2) is 13.2 Å². The summed E-state index contributed by atoms with van der Waals surface area (Å²) < 4.78 is 32.4. The van der Waals surface area contributed by atoms with E-state index in [1.54, 1.807) is 24.3 Å². The number of carbonyl (C=O) groups excluding carboxylic acids is 2. The summed E-state index contributed by atoms with van der Waals surface area (Å²) in [7, 11) is -3.78. The summed E-state index contributed by atoms with van der Waals surface area (Å²) in [6.07, 6.45) is 0. The van der Waals surface area contributed by atoms with Crippen molar-refractivity contribution < 1.29 is 22.7 Å². The highest BCUT2D eigenvalue weighted by Gasteiger charge is 2.17. The van der Waals surface area contributed by atoms with Crippen molar-refractivity contribution in [2.75, 3.05) is 11.3 Å². The van der Waals surface area contributed by atoms with Crippen LogP contribution in [0, 0.1) is 12.8 Å². The highest BCUT2D eigenvalue weighted by atomic mass is 32.2. The molecule has 1 atom stereocenters. The lowest BCUT2D eigenvalue weighted by molar-refractivity contribution is -0.125. The number of anilines is 1. The van der Waals surface area contributed by atoms with Gasteiger partial charge in [-0.15, -0.1) is 0 Å². The summed E-state index contributed by atoms with van der Waals surface area (Å²) in [5.41, 5.74) is 1.62. The molecule has 0 aliphatic heterocycles. The first-order valence-corrected chi connectivity index (χ1v) is 10.7. The first-order chi connectivity index (χ1) is 13.6. The number of esters is 1. The van der Waals surface area contributed by atoms with E-state index in [0.717, 1.165) is 5.56 Å². The fourth-order valence-corrected chi connectivity index (χ4v) is 3.34. The molecule has 0 radical (unpaired) electrons. The smallest absolute Gasteiger partial charge is 0.338 e. The number of carbonyl (C=O) groups is 2. The van der Waals surface area contributed by atoms with Crippen LogP contribution < -0.4 is 10.0 Å². The Morgan fingerprint density at radius 1 is 0.966 bits per heavy atom. The van der Waals surface area contributed by atoms with Crippen LogP contribution in [0.15, 0.2) is 53.4 Å². The molecule has 0 spiro atoms. The van der Waals surface area contributed by atoms with E-state index in [4.69, 9.17) is 4.74 Å². The Bertz CT molecular complexity index is 952. The lowest BCUT2D eigenvalue weighted by Crippen LogP contribution is -2.38. The molecule has 0 aliphatic rings. The van der Waals surface area contributed by atoms with Crippen LogP contribution in [0.1, 0.15) is 36.7 Å². The van der Waals surface area contributed by atoms with Crippen molar-refractivity contribution in [1.29, 1.82) is 0 Å². The number of hydrogen-bond donors (Lipinski definition) is 2. The molecule has 0 fully saturated rings. The Kier molecular flexibility index (Phi) is 7.39. The number of hydrogen-bond acceptors (Lipinski definition) is 5. The highest BCUT2D eigenvalue weighted by molar-refractivity contribution is 7.92. The molecule has 29 heavy (non-hydrogen) atoms. The minimum atomic E-state index is -3.78. The van der Waals surface area contributed by atoms with E-state index < -0.39 is 22.6 Å². The fraction of sp³-hybridized carbons (Fsp3) is 0.333. The van der Waals surface area contributed by atoms with Crippen molar-refractivity contribution >= 4 is 27.6 Å². The van der Waals surface area contributed by atoms with Crippen LogP contribution in [0.25, 0.3) is 0 Å². The molecule has 7 nitrogen and oxygen atoms in total. The maximum atomic E-state index is 12.5. The van der Waals surface area contributed by atoms with Crippen LogP contribution in [0.4, 0.5) is 5.69 Å². The second-order valence-electron chi connectivity index (χ2n) is 7.17. The molecule has 0 heterocycles. The maximum Gasteiger partial charge on any atom is 0.338 e. The van der Waals surface area contributed by atoms with E-state index in [0.29, 0.717) is 5.69 Å². The average Bonchev–Trinajstić information content (AvgIpc) is 2.67. The van der Waals surface area contributed by atoms with Crippen molar-refractivity contribution in [3.05, 3.63) is 59.7 Å². The van der Waals surface area contributed by atoms with Gasteiger partial charge in [0, 0.05) is 11.7 Å². The number of ether oxygens (including phenoxy) is 1.